The Balaban J connectivity index is 1.83. The molecular formula is C15H20N2S. The summed E-state index contributed by atoms with van der Waals surface area (Å²) in [6.07, 6.45) is 5.85. The van der Waals surface area contributed by atoms with Gasteiger partial charge in [0, 0.05) is 22.3 Å². The quantitative estimate of drug-likeness (QED) is 0.876. The number of hydrogen-bond acceptors (Lipinski definition) is 3. The van der Waals surface area contributed by atoms with Gasteiger partial charge in [0.25, 0.3) is 0 Å². The average molecular weight is 260 g/mol. The molecule has 0 aliphatic heterocycles. The van der Waals surface area contributed by atoms with Gasteiger partial charge in [-0.2, -0.15) is 0 Å². The molecule has 3 rings (SSSR count). The van der Waals surface area contributed by atoms with Gasteiger partial charge < -0.3 is 5.32 Å². The smallest absolute Gasteiger partial charge is 0.134 e. The molecule has 0 bridgehead atoms. The molecule has 3 heteroatoms. The molecule has 0 aromatic carbocycles. The maximum atomic E-state index is 4.52. The van der Waals surface area contributed by atoms with Crippen molar-refractivity contribution in [3.8, 4) is 0 Å². The standard InChI is InChI=1S/C15H20N2S/c1-3-11-4-5-13(10(11)2)17-15-12-7-9-18-14(12)6-8-16-15/h6-11,13H,3-5H2,1-2H3,(H,16,17). The fraction of sp³-hybridized carbons (Fsp3) is 0.533. The van der Waals surface area contributed by atoms with Crippen molar-refractivity contribution in [1.29, 1.82) is 0 Å². The summed E-state index contributed by atoms with van der Waals surface area (Å²) in [5, 5.41) is 7.10. The summed E-state index contributed by atoms with van der Waals surface area (Å²) in [5.74, 6) is 2.71. The minimum atomic E-state index is 0.591. The van der Waals surface area contributed by atoms with Crippen LogP contribution in [0.3, 0.4) is 0 Å². The van der Waals surface area contributed by atoms with E-state index in [1.165, 1.54) is 29.3 Å². The van der Waals surface area contributed by atoms with E-state index in [4.69, 9.17) is 0 Å². The normalized spacial score (nSPS) is 27.8. The molecule has 1 aliphatic carbocycles. The van der Waals surface area contributed by atoms with Crippen LogP contribution in [0.5, 0.6) is 0 Å². The molecule has 2 aromatic heterocycles. The number of thiophene rings is 1. The van der Waals surface area contributed by atoms with Gasteiger partial charge in [-0.1, -0.05) is 20.3 Å². The van der Waals surface area contributed by atoms with E-state index in [1.807, 2.05) is 6.20 Å². The molecule has 96 valence electrons. The maximum absolute atomic E-state index is 4.52. The van der Waals surface area contributed by atoms with Crippen LogP contribution >= 0.6 is 11.3 Å². The largest absolute Gasteiger partial charge is 0.367 e. The van der Waals surface area contributed by atoms with Gasteiger partial charge in [-0.15, -0.1) is 11.3 Å². The van der Waals surface area contributed by atoms with Crippen LogP contribution in [0.1, 0.15) is 33.1 Å². The Morgan fingerprint density at radius 2 is 2.28 bits per heavy atom. The third kappa shape index (κ3) is 2.01. The molecule has 2 nitrogen and oxygen atoms in total. The highest BCUT2D eigenvalue weighted by Crippen LogP contribution is 2.36. The lowest BCUT2D eigenvalue weighted by molar-refractivity contribution is 0.391. The molecule has 2 aromatic rings. The number of aromatic nitrogens is 1. The van der Waals surface area contributed by atoms with E-state index in [1.54, 1.807) is 11.3 Å². The van der Waals surface area contributed by atoms with Crippen molar-refractivity contribution >= 4 is 27.2 Å². The van der Waals surface area contributed by atoms with Gasteiger partial charge in [-0.3, -0.25) is 0 Å². The lowest BCUT2D eigenvalue weighted by Gasteiger charge is -2.21. The van der Waals surface area contributed by atoms with Crippen molar-refractivity contribution < 1.29 is 0 Å². The molecular weight excluding hydrogens is 240 g/mol. The number of hydrogen-bond donors (Lipinski definition) is 1. The van der Waals surface area contributed by atoms with Crippen LogP contribution in [0.2, 0.25) is 0 Å². The first-order valence-electron chi connectivity index (χ1n) is 6.88. The first kappa shape index (κ1) is 12.0. The molecule has 0 radical (unpaired) electrons. The monoisotopic (exact) mass is 260 g/mol. The van der Waals surface area contributed by atoms with Crippen LogP contribution in [0.15, 0.2) is 23.7 Å². The summed E-state index contributed by atoms with van der Waals surface area (Å²) in [5.41, 5.74) is 0. The number of fused-ring (bicyclic) bond motifs is 1. The summed E-state index contributed by atoms with van der Waals surface area (Å²) in [7, 11) is 0. The van der Waals surface area contributed by atoms with Crippen molar-refractivity contribution in [2.75, 3.05) is 5.32 Å². The Morgan fingerprint density at radius 3 is 3.06 bits per heavy atom. The van der Waals surface area contributed by atoms with Gasteiger partial charge in [0.2, 0.25) is 0 Å². The van der Waals surface area contributed by atoms with Crippen molar-refractivity contribution in [2.24, 2.45) is 11.8 Å². The molecule has 0 spiro atoms. The highest BCUT2D eigenvalue weighted by atomic mass is 32.1. The Hall–Kier alpha value is -1.09. The highest BCUT2D eigenvalue weighted by molar-refractivity contribution is 7.17. The molecule has 1 fully saturated rings. The molecule has 0 saturated heterocycles. The molecule has 0 amide bonds. The van der Waals surface area contributed by atoms with E-state index < -0.39 is 0 Å². The molecule has 3 atom stereocenters. The summed E-state index contributed by atoms with van der Waals surface area (Å²) < 4.78 is 1.32. The van der Waals surface area contributed by atoms with Crippen LogP contribution in [-0.2, 0) is 0 Å². The fourth-order valence-electron chi connectivity index (χ4n) is 3.21. The fourth-order valence-corrected chi connectivity index (χ4v) is 3.99. The highest BCUT2D eigenvalue weighted by Gasteiger charge is 2.31. The number of nitrogens with zero attached hydrogens (tertiary/aromatic N) is 1. The topological polar surface area (TPSA) is 24.9 Å². The number of anilines is 1. The minimum absolute atomic E-state index is 0.591. The van der Waals surface area contributed by atoms with E-state index in [0.717, 1.165) is 17.7 Å². The number of rotatable bonds is 3. The zero-order valence-electron chi connectivity index (χ0n) is 11.0. The summed E-state index contributed by atoms with van der Waals surface area (Å²) in [6, 6.07) is 4.86. The second kappa shape index (κ2) is 4.88. The van der Waals surface area contributed by atoms with Crippen molar-refractivity contribution in [2.45, 2.75) is 39.2 Å². The number of nitrogens with one attached hydrogen (secondary N) is 1. The summed E-state index contributed by atoms with van der Waals surface area (Å²) >= 11 is 1.79. The van der Waals surface area contributed by atoms with Crippen molar-refractivity contribution in [1.82, 2.24) is 4.98 Å². The van der Waals surface area contributed by atoms with E-state index in [2.05, 4.69) is 41.7 Å². The second-order valence-electron chi connectivity index (χ2n) is 5.35. The first-order valence-corrected chi connectivity index (χ1v) is 7.76. The molecule has 1 saturated carbocycles. The zero-order valence-corrected chi connectivity index (χ0v) is 11.8. The molecule has 1 N–H and O–H groups in total. The Bertz CT molecular complexity index is 534. The molecule has 1 aliphatic rings. The predicted octanol–water partition coefficient (Wildman–Crippen LogP) is 4.53. The Labute approximate surface area is 112 Å². The number of pyridine rings is 1. The maximum Gasteiger partial charge on any atom is 0.134 e. The average Bonchev–Trinajstić information content (AvgIpc) is 2.98. The van der Waals surface area contributed by atoms with E-state index in [-0.39, 0.29) is 0 Å². The van der Waals surface area contributed by atoms with Gasteiger partial charge in [0.05, 0.1) is 0 Å². The van der Waals surface area contributed by atoms with E-state index >= 15 is 0 Å². The van der Waals surface area contributed by atoms with Crippen LogP contribution in [0.25, 0.3) is 10.1 Å². The van der Waals surface area contributed by atoms with Gasteiger partial charge in [-0.05, 0) is 42.2 Å². The SMILES string of the molecule is CCC1CCC(Nc2nccc3sccc23)C1C. The van der Waals surface area contributed by atoms with E-state index in [9.17, 15) is 0 Å². The van der Waals surface area contributed by atoms with E-state index in [0.29, 0.717) is 6.04 Å². The third-order valence-corrected chi connectivity index (χ3v) is 5.34. The van der Waals surface area contributed by atoms with Crippen LogP contribution in [-0.4, -0.2) is 11.0 Å². The van der Waals surface area contributed by atoms with Gasteiger partial charge in [0.15, 0.2) is 0 Å². The van der Waals surface area contributed by atoms with Crippen molar-refractivity contribution in [3.05, 3.63) is 23.7 Å². The predicted molar refractivity (Wildman–Crippen MR) is 79.2 cm³/mol. The van der Waals surface area contributed by atoms with Crippen LogP contribution < -0.4 is 5.32 Å². The third-order valence-electron chi connectivity index (χ3n) is 4.45. The minimum Gasteiger partial charge on any atom is -0.367 e. The first-order chi connectivity index (χ1) is 8.79. The molecule has 2 heterocycles. The van der Waals surface area contributed by atoms with Gasteiger partial charge >= 0.3 is 0 Å². The van der Waals surface area contributed by atoms with Crippen molar-refractivity contribution in [3.63, 3.8) is 0 Å². The van der Waals surface area contributed by atoms with Crippen LogP contribution in [0, 0.1) is 11.8 Å². The Morgan fingerprint density at radius 1 is 1.39 bits per heavy atom. The summed E-state index contributed by atoms with van der Waals surface area (Å²) in [6.45, 7) is 4.69. The van der Waals surface area contributed by atoms with Gasteiger partial charge in [-0.25, -0.2) is 4.98 Å². The molecule has 3 unspecified atom stereocenters. The zero-order chi connectivity index (χ0) is 12.5. The molecule has 18 heavy (non-hydrogen) atoms. The lowest BCUT2D eigenvalue weighted by atomic mass is 9.93. The lowest BCUT2D eigenvalue weighted by Crippen LogP contribution is -2.25. The van der Waals surface area contributed by atoms with Crippen LogP contribution in [0.4, 0.5) is 5.82 Å². The second-order valence-corrected chi connectivity index (χ2v) is 6.30. The van der Waals surface area contributed by atoms with Gasteiger partial charge in [0.1, 0.15) is 5.82 Å². The Kier molecular flexibility index (Phi) is 3.25. The summed E-state index contributed by atoms with van der Waals surface area (Å²) in [4.78, 5) is 4.52.